The average Bonchev–Trinajstić information content (AvgIpc) is 3.33. The maximum absolute atomic E-state index is 13.4. The van der Waals surface area contributed by atoms with Crippen LogP contribution in [0.15, 0.2) is 29.1 Å². The van der Waals surface area contributed by atoms with Gasteiger partial charge in [-0.15, -0.1) is 0 Å². The molecule has 3 aliphatic carbocycles. The van der Waals surface area contributed by atoms with Crippen LogP contribution in [-0.2, 0) is 6.54 Å². The number of fused-ring (bicyclic) bond motifs is 4. The zero-order chi connectivity index (χ0) is 21.4. The molecule has 2 N–H and O–H groups in total. The lowest BCUT2D eigenvalue weighted by Gasteiger charge is -2.46. The second-order valence-electron chi connectivity index (χ2n) is 11.0. The summed E-state index contributed by atoms with van der Waals surface area (Å²) in [6.07, 6.45) is 8.20. The molecule has 2 aromatic rings. The number of hydrogen-bond acceptors (Lipinski definition) is 4. The van der Waals surface area contributed by atoms with Gasteiger partial charge in [-0.2, -0.15) is 0 Å². The van der Waals surface area contributed by atoms with Crippen molar-refractivity contribution >= 4 is 11.0 Å². The Morgan fingerprint density at radius 2 is 1.81 bits per heavy atom. The minimum atomic E-state index is -0.923. The van der Waals surface area contributed by atoms with Crippen LogP contribution in [0.4, 0.5) is 0 Å². The van der Waals surface area contributed by atoms with E-state index in [0.717, 1.165) is 48.9 Å². The monoisotopic (exact) mass is 425 g/mol. The number of imidazole rings is 1. The van der Waals surface area contributed by atoms with E-state index in [1.165, 1.54) is 32.1 Å². The standard InChI is InChI=1S/C25H35N3O3/c1-24-9-6-17(14-24)22(25(24)10-11-25)26-12-7-18(8-13-26)28-21-5-3-2-4-20(21)27(23(28)31)15-19(30)16-29/h2-5,17-19,22,29-30H,6-16H2,1H3/t17-,19+,22+,24+/m0/s1. The molecule has 1 saturated heterocycles. The van der Waals surface area contributed by atoms with Crippen LogP contribution in [0.5, 0.6) is 0 Å². The fraction of sp³-hybridized carbons (Fsp3) is 0.720. The first-order valence-electron chi connectivity index (χ1n) is 12.2. The van der Waals surface area contributed by atoms with Gasteiger partial charge < -0.3 is 10.2 Å². The first-order chi connectivity index (χ1) is 15.0. The molecule has 1 aromatic heterocycles. The molecule has 3 saturated carbocycles. The van der Waals surface area contributed by atoms with E-state index < -0.39 is 6.10 Å². The van der Waals surface area contributed by atoms with Crippen molar-refractivity contribution in [3.05, 3.63) is 34.7 Å². The van der Waals surface area contributed by atoms with E-state index in [9.17, 15) is 15.0 Å². The molecular weight excluding hydrogens is 390 g/mol. The van der Waals surface area contributed by atoms with Crippen LogP contribution in [0, 0.1) is 16.7 Å². The summed E-state index contributed by atoms with van der Waals surface area (Å²) >= 11 is 0. The SMILES string of the molecule is C[C@@]12CC[C@@H](C1)[C@@H](N1CCC(n3c(=O)n(C[C@@H](O)CO)c4ccccc43)CC1)C21CC1. The van der Waals surface area contributed by atoms with E-state index >= 15 is 0 Å². The number of likely N-dealkylation sites (tertiary alicyclic amines) is 1. The van der Waals surface area contributed by atoms with E-state index in [0.29, 0.717) is 10.8 Å². The van der Waals surface area contributed by atoms with Crippen molar-refractivity contribution in [1.29, 1.82) is 0 Å². The highest BCUT2D eigenvalue weighted by Gasteiger charge is 2.71. The summed E-state index contributed by atoms with van der Waals surface area (Å²) in [6, 6.07) is 8.84. The number of benzene rings is 1. The van der Waals surface area contributed by atoms with E-state index in [-0.39, 0.29) is 24.9 Å². The Morgan fingerprint density at radius 1 is 1.10 bits per heavy atom. The van der Waals surface area contributed by atoms with E-state index in [2.05, 4.69) is 11.8 Å². The minimum absolute atomic E-state index is 0.0572. The summed E-state index contributed by atoms with van der Waals surface area (Å²) in [5.41, 5.74) is 2.91. The smallest absolute Gasteiger partial charge is 0.329 e. The molecule has 2 heterocycles. The lowest BCUT2D eigenvalue weighted by Crippen LogP contribution is -2.51. The molecule has 4 aliphatic rings. The largest absolute Gasteiger partial charge is 0.394 e. The van der Waals surface area contributed by atoms with Gasteiger partial charge in [-0.05, 0) is 73.8 Å². The van der Waals surface area contributed by atoms with Gasteiger partial charge in [-0.1, -0.05) is 19.1 Å². The first kappa shape index (κ1) is 20.0. The zero-order valence-corrected chi connectivity index (χ0v) is 18.5. The summed E-state index contributed by atoms with van der Waals surface area (Å²) in [4.78, 5) is 16.1. The van der Waals surface area contributed by atoms with Crippen molar-refractivity contribution in [2.24, 2.45) is 16.7 Å². The summed E-state index contributed by atoms with van der Waals surface area (Å²) in [5.74, 6) is 0.883. The molecule has 1 aliphatic heterocycles. The van der Waals surface area contributed by atoms with E-state index in [1.807, 2.05) is 28.8 Å². The van der Waals surface area contributed by atoms with Gasteiger partial charge in [0.05, 0.1) is 30.3 Å². The van der Waals surface area contributed by atoms with Gasteiger partial charge >= 0.3 is 5.69 Å². The van der Waals surface area contributed by atoms with Crippen LogP contribution in [0.3, 0.4) is 0 Å². The second kappa shape index (κ2) is 6.93. The first-order valence-corrected chi connectivity index (χ1v) is 12.2. The number of aliphatic hydroxyl groups is 2. The van der Waals surface area contributed by atoms with E-state index in [4.69, 9.17) is 0 Å². The van der Waals surface area contributed by atoms with Gasteiger partial charge in [-0.3, -0.25) is 14.0 Å². The Kier molecular flexibility index (Phi) is 4.47. The van der Waals surface area contributed by atoms with Crippen LogP contribution in [0.1, 0.15) is 57.9 Å². The van der Waals surface area contributed by atoms with Crippen molar-refractivity contribution in [3.63, 3.8) is 0 Å². The highest BCUT2D eigenvalue weighted by molar-refractivity contribution is 5.76. The molecule has 0 radical (unpaired) electrons. The molecular formula is C25H35N3O3. The molecule has 6 rings (SSSR count). The minimum Gasteiger partial charge on any atom is -0.394 e. The van der Waals surface area contributed by atoms with Crippen LogP contribution >= 0.6 is 0 Å². The topological polar surface area (TPSA) is 70.6 Å². The third kappa shape index (κ3) is 2.77. The fourth-order valence-corrected chi connectivity index (χ4v) is 7.95. The predicted octanol–water partition coefficient (Wildman–Crippen LogP) is 2.76. The number of aliphatic hydroxyl groups excluding tert-OH is 2. The summed E-state index contributed by atoms with van der Waals surface area (Å²) < 4.78 is 3.60. The Hall–Kier alpha value is -1.63. The third-order valence-corrected chi connectivity index (χ3v) is 9.51. The second-order valence-corrected chi connectivity index (χ2v) is 11.0. The number of rotatable bonds is 5. The predicted molar refractivity (Wildman–Crippen MR) is 120 cm³/mol. The summed E-state index contributed by atoms with van der Waals surface area (Å²) in [6.45, 7) is 4.51. The van der Waals surface area contributed by atoms with Crippen molar-refractivity contribution in [3.8, 4) is 0 Å². The molecule has 1 aromatic carbocycles. The van der Waals surface area contributed by atoms with Crippen LogP contribution in [-0.4, -0.2) is 56.1 Å². The fourth-order valence-electron chi connectivity index (χ4n) is 7.95. The average molecular weight is 426 g/mol. The highest BCUT2D eigenvalue weighted by Crippen LogP contribution is 2.76. The summed E-state index contributed by atoms with van der Waals surface area (Å²) in [7, 11) is 0. The van der Waals surface area contributed by atoms with Gasteiger partial charge in [0, 0.05) is 25.2 Å². The van der Waals surface area contributed by atoms with Crippen LogP contribution in [0.2, 0.25) is 0 Å². The maximum Gasteiger partial charge on any atom is 0.329 e. The van der Waals surface area contributed by atoms with Gasteiger partial charge in [0.25, 0.3) is 0 Å². The Bertz CT molecular complexity index is 1050. The third-order valence-electron chi connectivity index (χ3n) is 9.51. The highest BCUT2D eigenvalue weighted by atomic mass is 16.3. The van der Waals surface area contributed by atoms with Gasteiger partial charge in [-0.25, -0.2) is 4.79 Å². The molecule has 0 unspecified atom stereocenters. The molecule has 0 amide bonds. The van der Waals surface area contributed by atoms with Gasteiger partial charge in [0.1, 0.15) is 0 Å². The molecule has 4 atom stereocenters. The molecule has 6 nitrogen and oxygen atoms in total. The molecule has 2 bridgehead atoms. The van der Waals surface area contributed by atoms with Crippen molar-refractivity contribution in [2.75, 3.05) is 19.7 Å². The number of para-hydroxylation sites is 2. The number of nitrogens with zero attached hydrogens (tertiary/aromatic N) is 3. The van der Waals surface area contributed by atoms with Gasteiger partial charge in [0.2, 0.25) is 0 Å². The van der Waals surface area contributed by atoms with Crippen molar-refractivity contribution in [1.82, 2.24) is 14.0 Å². The van der Waals surface area contributed by atoms with Crippen LogP contribution in [0.25, 0.3) is 11.0 Å². The Morgan fingerprint density at radius 3 is 2.48 bits per heavy atom. The lowest BCUT2D eigenvalue weighted by molar-refractivity contribution is 0.0269. The quantitative estimate of drug-likeness (QED) is 0.773. The lowest BCUT2D eigenvalue weighted by atomic mass is 9.70. The Balaban J connectivity index is 1.26. The molecule has 6 heteroatoms. The normalized spacial score (nSPS) is 33.5. The number of hydrogen-bond donors (Lipinski definition) is 2. The molecule has 31 heavy (non-hydrogen) atoms. The number of aromatic nitrogens is 2. The molecule has 1 spiro atoms. The van der Waals surface area contributed by atoms with Crippen LogP contribution < -0.4 is 5.69 Å². The zero-order valence-electron chi connectivity index (χ0n) is 18.5. The molecule has 4 fully saturated rings. The van der Waals surface area contributed by atoms with Crippen molar-refractivity contribution in [2.45, 2.75) is 76.6 Å². The molecule has 168 valence electrons. The Labute approximate surface area is 183 Å². The van der Waals surface area contributed by atoms with Gasteiger partial charge in [0.15, 0.2) is 0 Å². The van der Waals surface area contributed by atoms with E-state index in [1.54, 1.807) is 4.57 Å². The number of piperidine rings is 1. The maximum atomic E-state index is 13.4. The van der Waals surface area contributed by atoms with Crippen molar-refractivity contribution < 1.29 is 10.2 Å². The summed E-state index contributed by atoms with van der Waals surface area (Å²) in [5, 5.41) is 19.3.